The maximum atomic E-state index is 12.4. The summed E-state index contributed by atoms with van der Waals surface area (Å²) in [5.41, 5.74) is 0.709. The van der Waals surface area contributed by atoms with Crippen LogP contribution in [0.1, 0.15) is 46.0 Å². The molecule has 1 aromatic carbocycles. The Morgan fingerprint density at radius 1 is 1.10 bits per heavy atom. The molecular weight excluding hydrogens is 284 g/mol. The van der Waals surface area contributed by atoms with Gasteiger partial charge in [0.25, 0.3) is 0 Å². The predicted molar refractivity (Wildman–Crippen MR) is 89.2 cm³/mol. The maximum Gasteiger partial charge on any atom is 0.244 e. The molecule has 0 bridgehead atoms. The topological polar surface area (TPSA) is 49.4 Å². The number of nitrogens with zero attached hydrogens (tertiary/aromatic N) is 1. The standard InChI is InChI=1S/C16H28N2O2S/c1-5-7-11-14(10-6-2)17-15-12-8-9-13-16(15)21(19,20)18(3)4/h8-9,12-14,17H,5-7,10-11H2,1-4H3. The van der Waals surface area contributed by atoms with Crippen LogP contribution in [-0.4, -0.2) is 32.9 Å². The fourth-order valence-electron chi connectivity index (χ4n) is 2.32. The van der Waals surface area contributed by atoms with Crippen LogP contribution in [0.15, 0.2) is 29.2 Å². The molecule has 0 aliphatic rings. The highest BCUT2D eigenvalue weighted by molar-refractivity contribution is 7.89. The summed E-state index contributed by atoms with van der Waals surface area (Å²) >= 11 is 0. The molecule has 0 saturated carbocycles. The lowest BCUT2D eigenvalue weighted by atomic mass is 10.0. The molecule has 1 N–H and O–H groups in total. The zero-order chi connectivity index (χ0) is 15.9. The SMILES string of the molecule is CCCCC(CCC)Nc1ccccc1S(=O)(=O)N(C)C. The Morgan fingerprint density at radius 2 is 1.76 bits per heavy atom. The minimum Gasteiger partial charge on any atom is -0.381 e. The maximum absolute atomic E-state index is 12.4. The Labute approximate surface area is 129 Å². The van der Waals surface area contributed by atoms with Crippen molar-refractivity contribution in [1.29, 1.82) is 0 Å². The van der Waals surface area contributed by atoms with Crippen LogP contribution >= 0.6 is 0 Å². The number of unbranched alkanes of at least 4 members (excludes halogenated alkanes) is 1. The molecule has 0 fully saturated rings. The lowest BCUT2D eigenvalue weighted by molar-refractivity contribution is 0.520. The van der Waals surface area contributed by atoms with Gasteiger partial charge in [0.05, 0.1) is 5.69 Å². The quantitative estimate of drug-likeness (QED) is 0.756. The summed E-state index contributed by atoms with van der Waals surface area (Å²) in [6, 6.07) is 7.49. The highest BCUT2D eigenvalue weighted by Gasteiger charge is 2.21. The monoisotopic (exact) mass is 312 g/mol. The number of nitrogens with one attached hydrogen (secondary N) is 1. The molecule has 1 unspecified atom stereocenters. The normalized spacial score (nSPS) is 13.4. The van der Waals surface area contributed by atoms with Crippen molar-refractivity contribution in [3.05, 3.63) is 24.3 Å². The number of sulfonamides is 1. The van der Waals surface area contributed by atoms with E-state index in [0.29, 0.717) is 16.6 Å². The van der Waals surface area contributed by atoms with Crippen LogP contribution in [-0.2, 0) is 10.0 Å². The van der Waals surface area contributed by atoms with E-state index < -0.39 is 10.0 Å². The summed E-state index contributed by atoms with van der Waals surface area (Å²) in [6.07, 6.45) is 5.51. The van der Waals surface area contributed by atoms with E-state index in [-0.39, 0.29) is 0 Å². The zero-order valence-corrected chi connectivity index (χ0v) is 14.4. The Morgan fingerprint density at radius 3 is 2.33 bits per heavy atom. The molecule has 0 aliphatic heterocycles. The van der Waals surface area contributed by atoms with E-state index in [4.69, 9.17) is 0 Å². The summed E-state index contributed by atoms with van der Waals surface area (Å²) < 4.78 is 26.0. The first-order valence-electron chi connectivity index (χ1n) is 7.71. The van der Waals surface area contributed by atoms with Gasteiger partial charge in [0.2, 0.25) is 10.0 Å². The lowest BCUT2D eigenvalue weighted by Crippen LogP contribution is -2.25. The van der Waals surface area contributed by atoms with Crippen molar-refractivity contribution in [2.24, 2.45) is 0 Å². The van der Waals surface area contributed by atoms with Crippen LogP contribution in [0, 0.1) is 0 Å². The van der Waals surface area contributed by atoms with Crippen molar-refractivity contribution in [3.8, 4) is 0 Å². The molecule has 0 aliphatic carbocycles. The molecule has 0 amide bonds. The van der Waals surface area contributed by atoms with Crippen molar-refractivity contribution >= 4 is 15.7 Å². The van der Waals surface area contributed by atoms with Gasteiger partial charge in [-0.2, -0.15) is 0 Å². The lowest BCUT2D eigenvalue weighted by Gasteiger charge is -2.22. The van der Waals surface area contributed by atoms with Crippen LogP contribution in [0.5, 0.6) is 0 Å². The predicted octanol–water partition coefficient (Wildman–Crippen LogP) is 3.71. The third-order valence-electron chi connectivity index (χ3n) is 3.55. The van der Waals surface area contributed by atoms with Crippen molar-refractivity contribution < 1.29 is 8.42 Å². The molecule has 0 radical (unpaired) electrons. The van der Waals surface area contributed by atoms with Crippen LogP contribution in [0.25, 0.3) is 0 Å². The van der Waals surface area contributed by atoms with Crippen LogP contribution < -0.4 is 5.32 Å². The number of rotatable bonds is 9. The molecule has 1 atom stereocenters. The van der Waals surface area contributed by atoms with E-state index in [1.165, 1.54) is 4.31 Å². The molecule has 4 nitrogen and oxygen atoms in total. The van der Waals surface area contributed by atoms with E-state index in [9.17, 15) is 8.42 Å². The Kier molecular flexibility index (Phi) is 7.18. The fourth-order valence-corrected chi connectivity index (χ4v) is 3.36. The van der Waals surface area contributed by atoms with Crippen molar-refractivity contribution in [2.45, 2.75) is 56.9 Å². The molecular formula is C16H28N2O2S. The minimum atomic E-state index is -3.42. The van der Waals surface area contributed by atoms with Gasteiger partial charge >= 0.3 is 0 Å². The Hall–Kier alpha value is -1.07. The van der Waals surface area contributed by atoms with E-state index in [1.54, 1.807) is 26.2 Å². The van der Waals surface area contributed by atoms with Crippen molar-refractivity contribution in [2.75, 3.05) is 19.4 Å². The first-order valence-corrected chi connectivity index (χ1v) is 9.15. The third kappa shape index (κ3) is 5.00. The third-order valence-corrected chi connectivity index (χ3v) is 5.42. The number of para-hydroxylation sites is 1. The Bertz CT molecular complexity index is 527. The van der Waals surface area contributed by atoms with E-state index in [1.807, 2.05) is 12.1 Å². The molecule has 1 rings (SSSR count). The van der Waals surface area contributed by atoms with Gasteiger partial charge in [0.1, 0.15) is 4.90 Å². The first kappa shape index (κ1) is 18.0. The largest absolute Gasteiger partial charge is 0.381 e. The van der Waals surface area contributed by atoms with Gasteiger partial charge in [0, 0.05) is 20.1 Å². The smallest absolute Gasteiger partial charge is 0.244 e. The van der Waals surface area contributed by atoms with Gasteiger partial charge in [-0.1, -0.05) is 45.2 Å². The number of hydrogen-bond donors (Lipinski definition) is 1. The van der Waals surface area contributed by atoms with E-state index >= 15 is 0 Å². The van der Waals surface area contributed by atoms with Gasteiger partial charge < -0.3 is 5.32 Å². The molecule has 120 valence electrons. The summed E-state index contributed by atoms with van der Waals surface area (Å²) in [5, 5.41) is 3.44. The van der Waals surface area contributed by atoms with Crippen LogP contribution in [0.2, 0.25) is 0 Å². The van der Waals surface area contributed by atoms with Gasteiger partial charge in [-0.15, -0.1) is 0 Å². The number of hydrogen-bond acceptors (Lipinski definition) is 3. The second-order valence-electron chi connectivity index (χ2n) is 5.56. The van der Waals surface area contributed by atoms with Gasteiger partial charge in [0.15, 0.2) is 0 Å². The van der Waals surface area contributed by atoms with Gasteiger partial charge in [-0.3, -0.25) is 0 Å². The van der Waals surface area contributed by atoms with Crippen LogP contribution in [0.4, 0.5) is 5.69 Å². The van der Waals surface area contributed by atoms with Crippen molar-refractivity contribution in [1.82, 2.24) is 4.31 Å². The van der Waals surface area contributed by atoms with Crippen LogP contribution in [0.3, 0.4) is 0 Å². The summed E-state index contributed by atoms with van der Waals surface area (Å²) in [6.45, 7) is 4.33. The van der Waals surface area contributed by atoms with E-state index in [2.05, 4.69) is 19.2 Å². The molecule has 21 heavy (non-hydrogen) atoms. The van der Waals surface area contributed by atoms with E-state index in [0.717, 1.165) is 32.1 Å². The number of anilines is 1. The summed E-state index contributed by atoms with van der Waals surface area (Å²) in [5.74, 6) is 0. The highest BCUT2D eigenvalue weighted by atomic mass is 32.2. The summed E-state index contributed by atoms with van der Waals surface area (Å²) in [7, 11) is -0.293. The first-order chi connectivity index (χ1) is 9.93. The molecule has 0 heterocycles. The Balaban J connectivity index is 3.02. The average molecular weight is 312 g/mol. The minimum absolute atomic E-state index is 0.327. The fraction of sp³-hybridized carbons (Fsp3) is 0.625. The van der Waals surface area contributed by atoms with Gasteiger partial charge in [-0.05, 0) is 25.0 Å². The average Bonchev–Trinajstić information content (AvgIpc) is 2.45. The number of benzene rings is 1. The molecule has 0 aromatic heterocycles. The molecule has 0 saturated heterocycles. The molecule has 5 heteroatoms. The zero-order valence-electron chi connectivity index (χ0n) is 13.6. The summed E-state index contributed by atoms with van der Waals surface area (Å²) in [4.78, 5) is 0.354. The van der Waals surface area contributed by atoms with Gasteiger partial charge in [-0.25, -0.2) is 12.7 Å². The highest BCUT2D eigenvalue weighted by Crippen LogP contribution is 2.25. The molecule has 1 aromatic rings. The van der Waals surface area contributed by atoms with Crippen molar-refractivity contribution in [3.63, 3.8) is 0 Å². The molecule has 0 spiro atoms. The second kappa shape index (κ2) is 8.39. The second-order valence-corrected chi connectivity index (χ2v) is 7.68.